The number of aliphatic carboxylic acids is 1. The van der Waals surface area contributed by atoms with Crippen LogP contribution in [0.15, 0.2) is 11.8 Å². The molecule has 0 fully saturated rings. The highest BCUT2D eigenvalue weighted by Crippen LogP contribution is 2.28. The third-order valence-electron chi connectivity index (χ3n) is 3.56. The first-order valence-corrected chi connectivity index (χ1v) is 6.68. The molecule has 132 valence electrons. The van der Waals surface area contributed by atoms with Crippen LogP contribution in [0.3, 0.4) is 0 Å². The molecule has 0 aromatic rings. The Morgan fingerprint density at radius 3 is 2.39 bits per heavy atom. The summed E-state index contributed by atoms with van der Waals surface area (Å²) >= 11 is 0. The van der Waals surface area contributed by atoms with Crippen LogP contribution >= 0.6 is 0 Å². The summed E-state index contributed by atoms with van der Waals surface area (Å²) in [5, 5.41) is 41.3. The molecule has 0 unspecified atom stereocenters. The van der Waals surface area contributed by atoms with Gasteiger partial charge >= 0.3 is 5.97 Å². The number of carbonyl (C=O) groups excluding carboxylic acids is 1. The van der Waals surface area contributed by atoms with Gasteiger partial charge < -0.3 is 40.0 Å². The van der Waals surface area contributed by atoms with Crippen molar-refractivity contribution < 1.29 is 44.2 Å². The standard InChI is InChI=1S/C13H21NO9/c1-6(16)14-9-7(17)4-8(12(19)20)23-10(9)11(18)13(5-15,21-2)22-3/h4,7,9-11,15,17-18H,5H2,1-3H3,(H,14,16)(H,19,20)/t7-,9+,10+,11-/m0/s1. The van der Waals surface area contributed by atoms with E-state index < -0.39 is 54.4 Å². The minimum absolute atomic E-state index is 0.536. The Labute approximate surface area is 132 Å². The van der Waals surface area contributed by atoms with Crippen LogP contribution in [-0.4, -0.2) is 83.3 Å². The van der Waals surface area contributed by atoms with Gasteiger partial charge in [0, 0.05) is 21.1 Å². The Balaban J connectivity index is 3.22. The molecule has 1 heterocycles. The molecule has 5 N–H and O–H groups in total. The third kappa shape index (κ3) is 3.98. The van der Waals surface area contributed by atoms with Gasteiger partial charge in [0.15, 0.2) is 6.10 Å². The van der Waals surface area contributed by atoms with E-state index in [1.807, 2.05) is 0 Å². The number of amides is 1. The molecule has 1 aliphatic heterocycles. The average molecular weight is 335 g/mol. The van der Waals surface area contributed by atoms with Crippen molar-refractivity contribution in [2.24, 2.45) is 0 Å². The molecule has 10 nitrogen and oxygen atoms in total. The second kappa shape index (κ2) is 7.70. The quantitative estimate of drug-likeness (QED) is 0.319. The molecule has 1 rings (SSSR count). The molecule has 0 saturated heterocycles. The number of ether oxygens (including phenoxy) is 3. The molecular formula is C13H21NO9. The number of carboxylic acids is 1. The van der Waals surface area contributed by atoms with E-state index in [4.69, 9.17) is 19.3 Å². The number of aliphatic hydroxyl groups is 3. The molecule has 0 aliphatic carbocycles. The van der Waals surface area contributed by atoms with Crippen LogP contribution in [0.4, 0.5) is 0 Å². The number of carboxylic acid groups (broad SMARTS) is 1. The van der Waals surface area contributed by atoms with Gasteiger partial charge in [-0.3, -0.25) is 4.79 Å². The van der Waals surface area contributed by atoms with E-state index in [1.165, 1.54) is 6.92 Å². The minimum atomic E-state index is -1.93. The zero-order valence-corrected chi connectivity index (χ0v) is 12.9. The van der Waals surface area contributed by atoms with Gasteiger partial charge in [-0.25, -0.2) is 4.79 Å². The van der Waals surface area contributed by atoms with E-state index in [2.05, 4.69) is 5.32 Å². The van der Waals surface area contributed by atoms with E-state index in [1.54, 1.807) is 0 Å². The van der Waals surface area contributed by atoms with Crippen LogP contribution < -0.4 is 5.32 Å². The van der Waals surface area contributed by atoms with E-state index >= 15 is 0 Å². The Bertz CT molecular complexity index is 466. The molecule has 0 saturated carbocycles. The summed E-state index contributed by atoms with van der Waals surface area (Å²) < 4.78 is 15.1. The van der Waals surface area contributed by atoms with Crippen molar-refractivity contribution in [2.45, 2.75) is 37.1 Å². The number of methoxy groups -OCH3 is 2. The van der Waals surface area contributed by atoms with Crippen molar-refractivity contribution in [3.8, 4) is 0 Å². The topological polar surface area (TPSA) is 155 Å². The number of hydrogen-bond acceptors (Lipinski definition) is 8. The maximum Gasteiger partial charge on any atom is 0.370 e. The van der Waals surface area contributed by atoms with Gasteiger partial charge in [0.2, 0.25) is 17.5 Å². The van der Waals surface area contributed by atoms with Crippen molar-refractivity contribution in [3.05, 3.63) is 11.8 Å². The Morgan fingerprint density at radius 2 is 2.00 bits per heavy atom. The van der Waals surface area contributed by atoms with Crippen LogP contribution in [-0.2, 0) is 23.8 Å². The maximum absolute atomic E-state index is 11.3. The van der Waals surface area contributed by atoms with E-state index in [0.29, 0.717) is 0 Å². The summed E-state index contributed by atoms with van der Waals surface area (Å²) in [6.45, 7) is 0.397. The molecule has 0 aromatic heterocycles. The normalized spacial score (nSPS) is 26.0. The highest BCUT2D eigenvalue weighted by atomic mass is 16.7. The Hall–Kier alpha value is -1.72. The molecular weight excluding hydrogens is 314 g/mol. The largest absolute Gasteiger partial charge is 0.478 e. The predicted molar refractivity (Wildman–Crippen MR) is 74.0 cm³/mol. The molecule has 0 bridgehead atoms. The van der Waals surface area contributed by atoms with Gasteiger partial charge in [-0.2, -0.15) is 0 Å². The van der Waals surface area contributed by atoms with E-state index in [9.17, 15) is 24.9 Å². The first kappa shape index (κ1) is 19.3. The van der Waals surface area contributed by atoms with Gasteiger partial charge in [0.1, 0.15) is 18.8 Å². The van der Waals surface area contributed by atoms with E-state index in [-0.39, 0.29) is 0 Å². The van der Waals surface area contributed by atoms with Gasteiger partial charge in [-0.1, -0.05) is 0 Å². The predicted octanol–water partition coefficient (Wildman–Crippen LogP) is -2.44. The lowest BCUT2D eigenvalue weighted by Crippen LogP contribution is -2.64. The molecule has 23 heavy (non-hydrogen) atoms. The Kier molecular flexibility index (Phi) is 6.47. The molecule has 1 aliphatic rings. The van der Waals surface area contributed by atoms with Gasteiger partial charge in [-0.15, -0.1) is 0 Å². The van der Waals surface area contributed by atoms with Crippen molar-refractivity contribution in [2.75, 3.05) is 20.8 Å². The van der Waals surface area contributed by atoms with Crippen molar-refractivity contribution in [3.63, 3.8) is 0 Å². The number of hydrogen-bond donors (Lipinski definition) is 5. The second-order valence-electron chi connectivity index (χ2n) is 4.96. The highest BCUT2D eigenvalue weighted by Gasteiger charge is 2.50. The lowest BCUT2D eigenvalue weighted by atomic mass is 9.92. The van der Waals surface area contributed by atoms with Crippen LogP contribution in [0, 0.1) is 0 Å². The summed E-state index contributed by atoms with van der Waals surface area (Å²) in [6.07, 6.45) is -3.72. The SMILES string of the molecule is COC(CO)(OC)[C@@H](O)[C@@H]1OC(C(=O)O)=C[C@H](O)[C@H]1NC(C)=O. The van der Waals surface area contributed by atoms with Crippen molar-refractivity contribution in [1.82, 2.24) is 5.32 Å². The molecule has 1 amide bonds. The maximum atomic E-state index is 11.3. The number of rotatable bonds is 7. The summed E-state index contributed by atoms with van der Waals surface area (Å²) in [5.74, 6) is -4.54. The fraction of sp³-hybridized carbons (Fsp3) is 0.692. The smallest absolute Gasteiger partial charge is 0.370 e. The number of aliphatic hydroxyl groups excluding tert-OH is 3. The monoisotopic (exact) mass is 335 g/mol. The molecule has 0 spiro atoms. The second-order valence-corrected chi connectivity index (χ2v) is 4.96. The lowest BCUT2D eigenvalue weighted by molar-refractivity contribution is -0.295. The molecule has 4 atom stereocenters. The van der Waals surface area contributed by atoms with Gasteiger partial charge in [0.25, 0.3) is 0 Å². The highest BCUT2D eigenvalue weighted by molar-refractivity contribution is 5.84. The van der Waals surface area contributed by atoms with Crippen molar-refractivity contribution in [1.29, 1.82) is 0 Å². The van der Waals surface area contributed by atoms with Crippen molar-refractivity contribution >= 4 is 11.9 Å². The van der Waals surface area contributed by atoms with Crippen LogP contribution in [0.2, 0.25) is 0 Å². The summed E-state index contributed by atoms with van der Waals surface area (Å²) in [5.41, 5.74) is 0. The van der Waals surface area contributed by atoms with E-state index in [0.717, 1.165) is 20.3 Å². The van der Waals surface area contributed by atoms with Crippen LogP contribution in [0.25, 0.3) is 0 Å². The fourth-order valence-electron chi connectivity index (χ4n) is 2.29. The average Bonchev–Trinajstić information content (AvgIpc) is 2.50. The first-order chi connectivity index (χ1) is 10.7. The Morgan fingerprint density at radius 1 is 1.43 bits per heavy atom. The van der Waals surface area contributed by atoms with Crippen LogP contribution in [0.1, 0.15) is 6.92 Å². The summed E-state index contributed by atoms with van der Waals surface area (Å²) in [6, 6.07) is -1.18. The molecule has 0 radical (unpaired) electrons. The summed E-state index contributed by atoms with van der Waals surface area (Å²) in [7, 11) is 2.31. The third-order valence-corrected chi connectivity index (χ3v) is 3.56. The summed E-state index contributed by atoms with van der Waals surface area (Å²) in [4.78, 5) is 22.4. The first-order valence-electron chi connectivity index (χ1n) is 6.68. The number of carbonyl (C=O) groups is 2. The van der Waals surface area contributed by atoms with Gasteiger partial charge in [-0.05, 0) is 6.08 Å². The lowest BCUT2D eigenvalue weighted by Gasteiger charge is -2.42. The number of nitrogens with one attached hydrogen (secondary N) is 1. The molecule has 10 heteroatoms. The zero-order valence-electron chi connectivity index (χ0n) is 12.9. The van der Waals surface area contributed by atoms with Crippen LogP contribution in [0.5, 0.6) is 0 Å². The zero-order chi connectivity index (χ0) is 17.8. The van der Waals surface area contributed by atoms with Gasteiger partial charge in [0.05, 0.1) is 6.04 Å². The fourth-order valence-corrected chi connectivity index (χ4v) is 2.29. The molecule has 0 aromatic carbocycles. The minimum Gasteiger partial charge on any atom is -0.478 e.